The van der Waals surface area contributed by atoms with E-state index in [0.29, 0.717) is 30.6 Å². The normalized spacial score (nSPS) is 20.6. The van der Waals surface area contributed by atoms with E-state index in [2.05, 4.69) is 10.4 Å². The van der Waals surface area contributed by atoms with Crippen molar-refractivity contribution in [3.8, 4) is 0 Å². The van der Waals surface area contributed by atoms with Crippen LogP contribution in [0.15, 0.2) is 17.3 Å². The second-order valence-corrected chi connectivity index (χ2v) is 6.80. The van der Waals surface area contributed by atoms with E-state index in [4.69, 9.17) is 0 Å². The molecule has 1 unspecified atom stereocenters. The van der Waals surface area contributed by atoms with Crippen LogP contribution in [0.25, 0.3) is 0 Å². The van der Waals surface area contributed by atoms with Crippen molar-refractivity contribution in [3.63, 3.8) is 0 Å². The quantitative estimate of drug-likeness (QED) is 0.876. The van der Waals surface area contributed by atoms with Crippen LogP contribution in [0.3, 0.4) is 0 Å². The van der Waals surface area contributed by atoms with E-state index in [0.717, 1.165) is 19.4 Å². The Labute approximate surface area is 127 Å². The lowest BCUT2D eigenvalue weighted by Gasteiger charge is -2.31. The first-order chi connectivity index (χ1) is 9.09. The Morgan fingerprint density at radius 2 is 2.25 bits per heavy atom. The summed E-state index contributed by atoms with van der Waals surface area (Å²) in [6.07, 6.45) is 3.55. The lowest BCUT2D eigenvalue weighted by Crippen LogP contribution is -2.43. The number of hydrogen-bond acceptors (Lipinski definition) is 4. The summed E-state index contributed by atoms with van der Waals surface area (Å²) in [6.45, 7) is 4.52. The highest BCUT2D eigenvalue weighted by Crippen LogP contribution is 2.23. The molecule has 1 aromatic heterocycles. The van der Waals surface area contributed by atoms with Gasteiger partial charge in [-0.25, -0.2) is 8.42 Å². The molecule has 2 rings (SSSR count). The molecule has 0 spiro atoms. The van der Waals surface area contributed by atoms with Gasteiger partial charge in [-0.3, -0.25) is 4.68 Å². The summed E-state index contributed by atoms with van der Waals surface area (Å²) in [4.78, 5) is 0. The average Bonchev–Trinajstić information content (AvgIpc) is 2.88. The molecule has 0 bridgehead atoms. The Bertz CT molecular complexity index is 515. The molecule has 1 fully saturated rings. The van der Waals surface area contributed by atoms with E-state index in [1.807, 2.05) is 14.0 Å². The van der Waals surface area contributed by atoms with Gasteiger partial charge in [0.05, 0.1) is 6.20 Å². The highest BCUT2D eigenvalue weighted by molar-refractivity contribution is 7.89. The first-order valence-electron chi connectivity index (χ1n) is 6.76. The summed E-state index contributed by atoms with van der Waals surface area (Å²) in [7, 11) is -1.50. The Kier molecular flexibility index (Phi) is 6.44. The summed E-state index contributed by atoms with van der Waals surface area (Å²) < 4.78 is 28.4. The molecule has 0 radical (unpaired) electrons. The van der Waals surface area contributed by atoms with E-state index in [-0.39, 0.29) is 12.4 Å². The van der Waals surface area contributed by atoms with Crippen LogP contribution in [0.1, 0.15) is 19.8 Å². The SMILES string of the molecule is CCn1nccc1S(=O)(=O)N1CCCC(CNC)C1.Cl. The monoisotopic (exact) mass is 322 g/mol. The van der Waals surface area contributed by atoms with Crippen molar-refractivity contribution >= 4 is 22.4 Å². The van der Waals surface area contributed by atoms with Crippen molar-refractivity contribution in [2.24, 2.45) is 5.92 Å². The van der Waals surface area contributed by atoms with Gasteiger partial charge in [-0.2, -0.15) is 9.40 Å². The third kappa shape index (κ3) is 3.52. The van der Waals surface area contributed by atoms with E-state index in [1.54, 1.807) is 16.6 Å². The fraction of sp³-hybridized carbons (Fsp3) is 0.750. The number of nitrogens with zero attached hydrogens (tertiary/aromatic N) is 3. The Morgan fingerprint density at radius 3 is 2.90 bits per heavy atom. The molecule has 2 heterocycles. The van der Waals surface area contributed by atoms with Crippen LogP contribution in [0.2, 0.25) is 0 Å². The smallest absolute Gasteiger partial charge is 0.260 e. The Morgan fingerprint density at radius 1 is 1.50 bits per heavy atom. The van der Waals surface area contributed by atoms with Crippen LogP contribution in [-0.2, 0) is 16.6 Å². The van der Waals surface area contributed by atoms with E-state index >= 15 is 0 Å². The number of hydrogen-bond donors (Lipinski definition) is 1. The van der Waals surface area contributed by atoms with Gasteiger partial charge in [0.1, 0.15) is 0 Å². The zero-order valence-electron chi connectivity index (χ0n) is 11.9. The minimum Gasteiger partial charge on any atom is -0.319 e. The van der Waals surface area contributed by atoms with Gasteiger partial charge < -0.3 is 5.32 Å². The predicted molar refractivity (Wildman–Crippen MR) is 80.6 cm³/mol. The highest BCUT2D eigenvalue weighted by Gasteiger charge is 2.31. The first-order valence-corrected chi connectivity index (χ1v) is 8.20. The van der Waals surface area contributed by atoms with Crippen LogP contribution in [0.5, 0.6) is 0 Å². The maximum absolute atomic E-state index is 12.6. The molecule has 1 aromatic rings. The molecule has 8 heteroatoms. The largest absolute Gasteiger partial charge is 0.319 e. The van der Waals surface area contributed by atoms with Crippen molar-refractivity contribution in [2.45, 2.75) is 31.3 Å². The molecule has 116 valence electrons. The van der Waals surface area contributed by atoms with E-state index in [9.17, 15) is 8.42 Å². The molecular formula is C12H23ClN4O2S. The summed E-state index contributed by atoms with van der Waals surface area (Å²) in [5.74, 6) is 0.395. The predicted octanol–water partition coefficient (Wildman–Crippen LogP) is 0.945. The molecule has 0 saturated carbocycles. The minimum atomic E-state index is -3.41. The second kappa shape index (κ2) is 7.40. The van der Waals surface area contributed by atoms with Gasteiger partial charge in [-0.1, -0.05) is 0 Å². The number of rotatable bonds is 5. The molecule has 20 heavy (non-hydrogen) atoms. The van der Waals surface area contributed by atoms with Gasteiger partial charge in [0.25, 0.3) is 10.0 Å². The molecule has 1 N–H and O–H groups in total. The summed E-state index contributed by atoms with van der Waals surface area (Å²) in [6, 6.07) is 1.58. The molecule has 0 aromatic carbocycles. The Hall–Kier alpha value is -0.630. The van der Waals surface area contributed by atoms with Crippen molar-refractivity contribution in [1.29, 1.82) is 0 Å². The second-order valence-electron chi connectivity index (χ2n) is 4.91. The number of sulfonamides is 1. The van der Waals surface area contributed by atoms with Gasteiger partial charge in [0, 0.05) is 19.6 Å². The van der Waals surface area contributed by atoms with Crippen LogP contribution in [0.4, 0.5) is 0 Å². The maximum Gasteiger partial charge on any atom is 0.260 e. The van der Waals surface area contributed by atoms with Crippen molar-refractivity contribution in [2.75, 3.05) is 26.7 Å². The lowest BCUT2D eigenvalue weighted by atomic mass is 10.00. The van der Waals surface area contributed by atoms with Crippen LogP contribution >= 0.6 is 12.4 Å². The average molecular weight is 323 g/mol. The molecule has 6 nitrogen and oxygen atoms in total. The van der Waals surface area contributed by atoms with Crippen molar-refractivity contribution in [1.82, 2.24) is 19.4 Å². The number of piperidine rings is 1. The third-order valence-electron chi connectivity index (χ3n) is 3.56. The third-order valence-corrected chi connectivity index (χ3v) is 5.44. The van der Waals surface area contributed by atoms with Crippen molar-refractivity contribution < 1.29 is 8.42 Å². The van der Waals surface area contributed by atoms with Gasteiger partial charge >= 0.3 is 0 Å². The summed E-state index contributed by atoms with van der Waals surface area (Å²) >= 11 is 0. The molecule has 0 amide bonds. The highest BCUT2D eigenvalue weighted by atomic mass is 35.5. The van der Waals surface area contributed by atoms with Crippen molar-refractivity contribution in [3.05, 3.63) is 12.3 Å². The standard InChI is InChI=1S/C12H22N4O2S.ClH/c1-3-16-12(6-7-14-16)19(17,18)15-8-4-5-11(10-15)9-13-2;/h6-7,11,13H,3-5,8-10H2,1-2H3;1H. The van der Waals surface area contributed by atoms with Gasteiger partial charge in [0.2, 0.25) is 0 Å². The minimum absolute atomic E-state index is 0. The fourth-order valence-electron chi connectivity index (χ4n) is 2.61. The fourth-order valence-corrected chi connectivity index (χ4v) is 4.33. The van der Waals surface area contributed by atoms with Gasteiger partial charge in [-0.15, -0.1) is 12.4 Å². The van der Waals surface area contributed by atoms with Crippen LogP contribution < -0.4 is 5.32 Å². The molecule has 1 aliphatic heterocycles. The van der Waals surface area contributed by atoms with Crippen LogP contribution in [0, 0.1) is 5.92 Å². The number of aryl methyl sites for hydroxylation is 1. The molecule has 1 atom stereocenters. The summed E-state index contributed by atoms with van der Waals surface area (Å²) in [5.41, 5.74) is 0. The molecule has 1 saturated heterocycles. The zero-order valence-corrected chi connectivity index (χ0v) is 13.6. The number of nitrogens with one attached hydrogen (secondary N) is 1. The number of aromatic nitrogens is 2. The topological polar surface area (TPSA) is 67.2 Å². The maximum atomic E-state index is 12.6. The molecule has 0 aliphatic carbocycles. The lowest BCUT2D eigenvalue weighted by molar-refractivity contribution is 0.262. The van der Waals surface area contributed by atoms with Gasteiger partial charge in [-0.05, 0) is 45.3 Å². The van der Waals surface area contributed by atoms with Gasteiger partial charge in [0.15, 0.2) is 5.03 Å². The first kappa shape index (κ1) is 17.4. The van der Waals surface area contributed by atoms with Crippen LogP contribution in [-0.4, -0.2) is 49.2 Å². The summed E-state index contributed by atoms with van der Waals surface area (Å²) in [5, 5.41) is 7.48. The van der Waals surface area contributed by atoms with E-state index < -0.39 is 10.0 Å². The molecule has 1 aliphatic rings. The molecular weight excluding hydrogens is 300 g/mol. The Balaban J connectivity index is 0.00000200. The van der Waals surface area contributed by atoms with E-state index in [1.165, 1.54) is 4.68 Å². The zero-order chi connectivity index (χ0) is 13.9. The number of halogens is 1.